The van der Waals surface area contributed by atoms with Gasteiger partial charge in [0.1, 0.15) is 0 Å². The van der Waals surface area contributed by atoms with E-state index in [1.54, 1.807) is 0 Å². The zero-order chi connectivity index (χ0) is 17.6. The van der Waals surface area contributed by atoms with Crippen LogP contribution >= 0.6 is 11.6 Å². The number of hydrogen-bond acceptors (Lipinski definition) is 3. The first-order valence-electron chi connectivity index (χ1n) is 9.29. The van der Waals surface area contributed by atoms with E-state index in [9.17, 15) is 0 Å². The molecule has 0 aliphatic carbocycles. The number of fused-ring (bicyclic) bond motifs is 2. The Labute approximate surface area is 156 Å². The summed E-state index contributed by atoms with van der Waals surface area (Å²) in [5, 5.41) is 0.744. The van der Waals surface area contributed by atoms with Gasteiger partial charge in [0.25, 0.3) is 0 Å². The summed E-state index contributed by atoms with van der Waals surface area (Å²) in [6.07, 6.45) is 3.63. The largest absolute Gasteiger partial charge is 0.453 e. The van der Waals surface area contributed by atoms with E-state index in [4.69, 9.17) is 16.3 Å². The Kier molecular flexibility index (Phi) is 6.22. The molecule has 2 aromatic carbocycles. The Morgan fingerprint density at radius 1 is 0.920 bits per heavy atom. The van der Waals surface area contributed by atoms with Crippen LogP contribution in [0.4, 0.5) is 11.4 Å². The molecule has 0 atom stereocenters. The molecule has 0 N–H and O–H groups in total. The molecule has 3 rings (SSSR count). The Hall–Kier alpha value is -1.71. The van der Waals surface area contributed by atoms with E-state index in [1.165, 1.54) is 19.4 Å². The van der Waals surface area contributed by atoms with Crippen molar-refractivity contribution in [2.45, 2.75) is 33.1 Å². The predicted molar refractivity (Wildman–Crippen MR) is 107 cm³/mol. The molecule has 0 radical (unpaired) electrons. The van der Waals surface area contributed by atoms with E-state index in [-0.39, 0.29) is 0 Å². The number of anilines is 2. The van der Waals surface area contributed by atoms with Crippen molar-refractivity contribution in [2.75, 3.05) is 31.1 Å². The SMILES string of the molecule is CCN(CC)CCCCCN1c2ccccc2Oc2ccc(Cl)cc21. The summed E-state index contributed by atoms with van der Waals surface area (Å²) < 4.78 is 6.04. The maximum atomic E-state index is 6.23. The average molecular weight is 359 g/mol. The Balaban J connectivity index is 1.67. The highest BCUT2D eigenvalue weighted by Gasteiger charge is 2.23. The molecule has 25 heavy (non-hydrogen) atoms. The van der Waals surface area contributed by atoms with E-state index in [0.29, 0.717) is 0 Å². The third-order valence-electron chi connectivity index (χ3n) is 4.84. The van der Waals surface area contributed by atoms with Crippen molar-refractivity contribution in [2.24, 2.45) is 0 Å². The topological polar surface area (TPSA) is 15.7 Å². The van der Waals surface area contributed by atoms with Crippen molar-refractivity contribution < 1.29 is 4.74 Å². The third kappa shape index (κ3) is 4.28. The highest BCUT2D eigenvalue weighted by molar-refractivity contribution is 6.31. The lowest BCUT2D eigenvalue weighted by molar-refractivity contribution is 0.296. The number of nitrogens with zero attached hydrogens (tertiary/aromatic N) is 2. The molecule has 0 fully saturated rings. The molecule has 1 aliphatic heterocycles. The summed E-state index contributed by atoms with van der Waals surface area (Å²) in [7, 11) is 0. The van der Waals surface area contributed by atoms with Crippen LogP contribution < -0.4 is 9.64 Å². The summed E-state index contributed by atoms with van der Waals surface area (Å²) in [5.41, 5.74) is 2.19. The standard InChI is InChI=1S/C21H27ClN2O/c1-3-23(4-2)14-8-5-9-15-24-18-10-6-7-11-20(18)25-21-13-12-17(22)16-19(21)24/h6-7,10-13,16H,3-5,8-9,14-15H2,1-2H3. The van der Waals surface area contributed by atoms with Crippen LogP contribution in [0.2, 0.25) is 5.02 Å². The van der Waals surface area contributed by atoms with Crippen LogP contribution in [0.3, 0.4) is 0 Å². The highest BCUT2D eigenvalue weighted by atomic mass is 35.5. The fraction of sp³-hybridized carbons (Fsp3) is 0.429. The average Bonchev–Trinajstić information content (AvgIpc) is 2.64. The van der Waals surface area contributed by atoms with Crippen molar-refractivity contribution in [3.63, 3.8) is 0 Å². The van der Waals surface area contributed by atoms with Gasteiger partial charge in [-0.05, 0) is 62.8 Å². The van der Waals surface area contributed by atoms with E-state index in [0.717, 1.165) is 54.0 Å². The number of para-hydroxylation sites is 2. The van der Waals surface area contributed by atoms with Gasteiger partial charge in [-0.2, -0.15) is 0 Å². The first kappa shape index (κ1) is 18.1. The summed E-state index contributed by atoms with van der Waals surface area (Å²) in [5.74, 6) is 1.80. The summed E-state index contributed by atoms with van der Waals surface area (Å²) >= 11 is 6.23. The van der Waals surface area contributed by atoms with Crippen LogP contribution in [0.1, 0.15) is 33.1 Å². The minimum Gasteiger partial charge on any atom is -0.453 e. The molecule has 0 aromatic heterocycles. The number of benzene rings is 2. The van der Waals surface area contributed by atoms with Crippen molar-refractivity contribution in [1.29, 1.82) is 0 Å². The van der Waals surface area contributed by atoms with Gasteiger partial charge in [-0.1, -0.05) is 44.0 Å². The van der Waals surface area contributed by atoms with Crippen molar-refractivity contribution in [3.8, 4) is 11.5 Å². The molecule has 1 heterocycles. The molecule has 1 aliphatic rings. The van der Waals surface area contributed by atoms with Crippen molar-refractivity contribution in [3.05, 3.63) is 47.5 Å². The Morgan fingerprint density at radius 2 is 1.68 bits per heavy atom. The predicted octanol–water partition coefficient (Wildman–Crippen LogP) is 6.10. The smallest absolute Gasteiger partial charge is 0.151 e. The normalized spacial score (nSPS) is 12.7. The minimum atomic E-state index is 0.744. The molecule has 0 bridgehead atoms. The molecule has 0 saturated heterocycles. The van der Waals surface area contributed by atoms with Gasteiger partial charge in [-0.15, -0.1) is 0 Å². The number of hydrogen-bond donors (Lipinski definition) is 0. The second-order valence-electron chi connectivity index (χ2n) is 6.42. The second-order valence-corrected chi connectivity index (χ2v) is 6.86. The van der Waals surface area contributed by atoms with Gasteiger partial charge in [0.05, 0.1) is 11.4 Å². The molecule has 0 saturated carbocycles. The zero-order valence-electron chi connectivity index (χ0n) is 15.2. The van der Waals surface area contributed by atoms with E-state index >= 15 is 0 Å². The molecular weight excluding hydrogens is 332 g/mol. The molecule has 0 unspecified atom stereocenters. The van der Waals surface area contributed by atoms with Crippen LogP contribution in [0.5, 0.6) is 11.5 Å². The number of halogens is 1. The maximum Gasteiger partial charge on any atom is 0.151 e. The molecule has 4 heteroatoms. The van der Waals surface area contributed by atoms with Crippen LogP contribution in [-0.2, 0) is 0 Å². The van der Waals surface area contributed by atoms with Gasteiger partial charge in [0, 0.05) is 11.6 Å². The molecule has 3 nitrogen and oxygen atoms in total. The number of unbranched alkanes of at least 4 members (excludes halogenated alkanes) is 2. The van der Waals surface area contributed by atoms with E-state index in [2.05, 4.69) is 35.8 Å². The lowest BCUT2D eigenvalue weighted by Gasteiger charge is -2.33. The molecular formula is C21H27ClN2O. The number of rotatable bonds is 8. The monoisotopic (exact) mass is 358 g/mol. The zero-order valence-corrected chi connectivity index (χ0v) is 15.9. The quantitative estimate of drug-likeness (QED) is 0.530. The van der Waals surface area contributed by atoms with Crippen LogP contribution in [0.15, 0.2) is 42.5 Å². The van der Waals surface area contributed by atoms with Gasteiger partial charge in [0.15, 0.2) is 11.5 Å². The Morgan fingerprint density at radius 3 is 2.48 bits per heavy atom. The van der Waals surface area contributed by atoms with E-state index < -0.39 is 0 Å². The van der Waals surface area contributed by atoms with E-state index in [1.807, 2.05) is 30.3 Å². The summed E-state index contributed by atoms with van der Waals surface area (Å²) in [4.78, 5) is 4.83. The van der Waals surface area contributed by atoms with Gasteiger partial charge in [-0.25, -0.2) is 0 Å². The molecule has 2 aromatic rings. The lowest BCUT2D eigenvalue weighted by atomic mass is 10.1. The molecule has 0 amide bonds. The van der Waals surface area contributed by atoms with Gasteiger partial charge in [0.2, 0.25) is 0 Å². The maximum absolute atomic E-state index is 6.23. The lowest BCUT2D eigenvalue weighted by Crippen LogP contribution is -2.25. The fourth-order valence-electron chi connectivity index (χ4n) is 3.37. The minimum absolute atomic E-state index is 0.744. The second kappa shape index (κ2) is 8.59. The van der Waals surface area contributed by atoms with Crippen molar-refractivity contribution in [1.82, 2.24) is 4.90 Å². The Bertz CT molecular complexity index is 700. The first-order valence-corrected chi connectivity index (χ1v) is 9.67. The third-order valence-corrected chi connectivity index (χ3v) is 5.07. The van der Waals surface area contributed by atoms with Crippen molar-refractivity contribution >= 4 is 23.0 Å². The van der Waals surface area contributed by atoms with Gasteiger partial charge in [-0.3, -0.25) is 0 Å². The number of ether oxygens (including phenoxy) is 1. The first-order chi connectivity index (χ1) is 12.2. The molecule has 0 spiro atoms. The summed E-state index contributed by atoms with van der Waals surface area (Å²) in [6.45, 7) is 8.91. The fourth-order valence-corrected chi connectivity index (χ4v) is 3.53. The summed E-state index contributed by atoms with van der Waals surface area (Å²) in [6, 6.07) is 14.1. The van der Waals surface area contributed by atoms with Gasteiger partial charge >= 0.3 is 0 Å². The van der Waals surface area contributed by atoms with Gasteiger partial charge < -0.3 is 14.5 Å². The molecule has 134 valence electrons. The highest BCUT2D eigenvalue weighted by Crippen LogP contribution is 2.47. The van der Waals surface area contributed by atoms with Crippen LogP contribution in [-0.4, -0.2) is 31.1 Å². The van der Waals surface area contributed by atoms with Crippen LogP contribution in [0.25, 0.3) is 0 Å². The van der Waals surface area contributed by atoms with Crippen LogP contribution in [0, 0.1) is 0 Å².